The van der Waals surface area contributed by atoms with E-state index in [9.17, 15) is 0 Å². The maximum Gasteiger partial charge on any atom is 4.00 e. The zero-order valence-electron chi connectivity index (χ0n) is 17.4. The Morgan fingerprint density at radius 1 is 0.926 bits per heavy atom. The van der Waals surface area contributed by atoms with Crippen molar-refractivity contribution in [2.45, 2.75) is 79.2 Å². The van der Waals surface area contributed by atoms with Crippen molar-refractivity contribution in [3.63, 3.8) is 0 Å². The molecule has 0 radical (unpaired) electrons. The summed E-state index contributed by atoms with van der Waals surface area (Å²) in [6, 6.07) is 6.18. The Balaban J connectivity index is -0.00000144. The van der Waals surface area contributed by atoms with Crippen LogP contribution in [0.4, 0.5) is 0 Å². The minimum absolute atomic E-state index is 0. The number of unbranched alkanes of at least 4 members (excludes halogenated alkanes) is 2. The van der Waals surface area contributed by atoms with Crippen LogP contribution in [-0.4, -0.2) is 8.80 Å². The zero-order valence-corrected chi connectivity index (χ0v) is 22.4. The van der Waals surface area contributed by atoms with Crippen molar-refractivity contribution in [1.29, 1.82) is 0 Å². The second kappa shape index (κ2) is 16.3. The summed E-state index contributed by atoms with van der Waals surface area (Å²) in [5.41, 5.74) is 6.07. The number of hydrogen-bond donors (Lipinski definition) is 0. The Hall–Kier alpha value is 0.501. The van der Waals surface area contributed by atoms with Gasteiger partial charge in [-0.1, -0.05) is 86.0 Å². The monoisotopic (exact) mass is 478 g/mol. The molecule has 1 atom stereocenters. The van der Waals surface area contributed by atoms with E-state index in [2.05, 4.69) is 58.9 Å². The van der Waals surface area contributed by atoms with Gasteiger partial charge in [-0.25, -0.2) is 10.8 Å². The number of rotatable bonds is 8. The van der Waals surface area contributed by atoms with Gasteiger partial charge in [0, 0.05) is 0 Å². The number of halogens is 3. The van der Waals surface area contributed by atoms with E-state index >= 15 is 0 Å². The van der Waals surface area contributed by atoms with Crippen LogP contribution >= 0.6 is 0 Å². The van der Waals surface area contributed by atoms with Crippen molar-refractivity contribution < 1.29 is 58.9 Å². The first-order valence-electron chi connectivity index (χ1n) is 9.46. The van der Waals surface area contributed by atoms with Crippen LogP contribution in [0.3, 0.4) is 0 Å². The summed E-state index contributed by atoms with van der Waals surface area (Å²) in [5, 5.41) is 3.36. The van der Waals surface area contributed by atoms with Crippen LogP contribution in [0, 0.1) is 26.8 Å². The van der Waals surface area contributed by atoms with Crippen molar-refractivity contribution in [2.75, 3.05) is 0 Å². The van der Waals surface area contributed by atoms with Crippen LogP contribution < -0.4 is 42.4 Å². The molecule has 0 N–H and O–H groups in total. The molecule has 1 aromatic carbocycles. The summed E-state index contributed by atoms with van der Waals surface area (Å²) in [6.45, 7) is 11.5. The Morgan fingerprint density at radius 3 is 2.04 bits per heavy atom. The van der Waals surface area contributed by atoms with Crippen LogP contribution in [0.2, 0.25) is 6.04 Å². The SMILES string of the molecule is CCCCC[SiH](C1=[C-]CC=C1CCC)c1c(C)cc(C)cc1C.[Cl-].[Cl-].[Cl-].[Ti+4]. The van der Waals surface area contributed by atoms with Gasteiger partial charge in [0.2, 0.25) is 0 Å². The van der Waals surface area contributed by atoms with Gasteiger partial charge in [-0.2, -0.15) is 6.08 Å². The van der Waals surface area contributed by atoms with Gasteiger partial charge >= 0.3 is 21.7 Å². The summed E-state index contributed by atoms with van der Waals surface area (Å²) in [6.07, 6.45) is 13.8. The molecule has 150 valence electrons. The van der Waals surface area contributed by atoms with Crippen LogP contribution in [0.25, 0.3) is 0 Å². The van der Waals surface area contributed by atoms with E-state index in [0.717, 1.165) is 6.42 Å². The first kappa shape index (κ1) is 32.2. The Bertz CT molecular complexity index is 589. The Kier molecular flexibility index (Phi) is 19.4. The molecule has 0 amide bonds. The minimum atomic E-state index is -1.13. The van der Waals surface area contributed by atoms with E-state index in [1.165, 1.54) is 54.8 Å². The molecule has 0 fully saturated rings. The molecule has 1 aromatic rings. The summed E-state index contributed by atoms with van der Waals surface area (Å²) < 4.78 is 0. The predicted octanol–water partition coefficient (Wildman–Crippen LogP) is -3.36. The van der Waals surface area contributed by atoms with Gasteiger partial charge in [-0.05, 0) is 20.8 Å². The molecular weight excluding hydrogens is 447 g/mol. The number of hydrogen-bond acceptors (Lipinski definition) is 0. The zero-order chi connectivity index (χ0) is 16.8. The molecule has 27 heavy (non-hydrogen) atoms. The van der Waals surface area contributed by atoms with Gasteiger partial charge in [0.15, 0.2) is 0 Å². The summed E-state index contributed by atoms with van der Waals surface area (Å²) in [4.78, 5) is 0. The van der Waals surface area contributed by atoms with E-state index in [1.807, 2.05) is 0 Å². The molecule has 2 rings (SSSR count). The third-order valence-electron chi connectivity index (χ3n) is 5.04. The standard InChI is InChI=1S/C22H33Si.3ClH.Ti/c1-6-8-9-14-23(21-13-10-12-20(21)11-7-2)22-18(4)15-17(3)16-19(22)5;;;;/h12,15-16,23H,6-11,14H2,1-5H3;3*1H;/q-1;;;;+4/p-3. The van der Waals surface area contributed by atoms with E-state index in [-0.39, 0.29) is 58.9 Å². The van der Waals surface area contributed by atoms with Crippen molar-refractivity contribution >= 4 is 14.0 Å². The van der Waals surface area contributed by atoms with Crippen LogP contribution in [0.15, 0.2) is 29.0 Å². The smallest absolute Gasteiger partial charge is 1.00 e. The number of benzene rings is 1. The molecule has 0 saturated carbocycles. The number of aryl methyl sites for hydroxylation is 3. The van der Waals surface area contributed by atoms with E-state index in [0.29, 0.717) is 0 Å². The maximum atomic E-state index is 3.77. The Morgan fingerprint density at radius 2 is 1.52 bits per heavy atom. The molecule has 0 aromatic heterocycles. The first-order valence-corrected chi connectivity index (χ1v) is 11.4. The molecular formula is C22H33Cl3SiTi. The minimum Gasteiger partial charge on any atom is -1.00 e. The average Bonchev–Trinajstić information content (AvgIpc) is 2.93. The third kappa shape index (κ3) is 8.81. The quantitative estimate of drug-likeness (QED) is 0.208. The van der Waals surface area contributed by atoms with Crippen molar-refractivity contribution in [1.82, 2.24) is 0 Å². The topological polar surface area (TPSA) is 0 Å². The first-order chi connectivity index (χ1) is 11.1. The van der Waals surface area contributed by atoms with E-state index in [4.69, 9.17) is 0 Å². The second-order valence-electron chi connectivity index (χ2n) is 7.13. The molecule has 1 unspecified atom stereocenters. The average molecular weight is 480 g/mol. The fraction of sp³-hybridized carbons (Fsp3) is 0.545. The normalized spacial score (nSPS) is 13.2. The van der Waals surface area contributed by atoms with Gasteiger partial charge in [0.1, 0.15) is 0 Å². The molecule has 1 aliphatic carbocycles. The molecule has 1 aliphatic rings. The van der Waals surface area contributed by atoms with Crippen LogP contribution in [-0.2, 0) is 21.7 Å². The molecule has 0 bridgehead atoms. The molecule has 0 saturated heterocycles. The van der Waals surface area contributed by atoms with Gasteiger partial charge in [0.05, 0.1) is 8.80 Å². The fourth-order valence-corrected chi connectivity index (χ4v) is 8.04. The predicted molar refractivity (Wildman–Crippen MR) is 106 cm³/mol. The van der Waals surface area contributed by atoms with E-state index < -0.39 is 8.80 Å². The van der Waals surface area contributed by atoms with Gasteiger partial charge in [-0.15, -0.1) is 6.42 Å². The summed E-state index contributed by atoms with van der Waals surface area (Å²) >= 11 is 0. The van der Waals surface area contributed by atoms with Gasteiger partial charge in [0.25, 0.3) is 0 Å². The van der Waals surface area contributed by atoms with Crippen molar-refractivity contribution in [3.05, 3.63) is 51.7 Å². The molecule has 5 heteroatoms. The fourth-order valence-electron chi connectivity index (χ4n) is 4.13. The van der Waals surface area contributed by atoms with Crippen molar-refractivity contribution in [2.24, 2.45) is 0 Å². The Labute approximate surface area is 202 Å². The van der Waals surface area contributed by atoms with Gasteiger partial charge < -0.3 is 37.2 Å². The third-order valence-corrected chi connectivity index (χ3v) is 8.90. The molecule has 0 heterocycles. The van der Waals surface area contributed by atoms with Gasteiger partial charge in [-0.3, -0.25) is 6.08 Å². The molecule has 0 spiro atoms. The second-order valence-corrected chi connectivity index (χ2v) is 9.97. The molecule has 0 nitrogen and oxygen atoms in total. The van der Waals surface area contributed by atoms with Crippen LogP contribution in [0.5, 0.6) is 0 Å². The number of allylic oxidation sites excluding steroid dienone is 4. The van der Waals surface area contributed by atoms with Crippen molar-refractivity contribution in [3.8, 4) is 0 Å². The molecule has 0 aliphatic heterocycles. The summed E-state index contributed by atoms with van der Waals surface area (Å²) in [7, 11) is -1.13. The van der Waals surface area contributed by atoms with Crippen LogP contribution in [0.1, 0.15) is 69.1 Å². The summed E-state index contributed by atoms with van der Waals surface area (Å²) in [5.74, 6) is 0. The largest absolute Gasteiger partial charge is 4.00 e. The van der Waals surface area contributed by atoms with E-state index in [1.54, 1.807) is 16.0 Å². The maximum absolute atomic E-state index is 3.77.